The van der Waals surface area contributed by atoms with Gasteiger partial charge in [0.25, 0.3) is 5.91 Å². The first kappa shape index (κ1) is 15.0. The van der Waals surface area contributed by atoms with Crippen molar-refractivity contribution in [3.8, 4) is 0 Å². The van der Waals surface area contributed by atoms with E-state index < -0.39 is 5.54 Å². The molecule has 0 aromatic heterocycles. The molecule has 23 heavy (non-hydrogen) atoms. The minimum absolute atomic E-state index is 0.00323. The van der Waals surface area contributed by atoms with Crippen LogP contribution in [-0.2, 0) is 4.79 Å². The van der Waals surface area contributed by atoms with Crippen LogP contribution < -0.4 is 0 Å². The lowest BCUT2D eigenvalue weighted by atomic mass is 9.80. The number of allylic oxidation sites excluding steroid dienone is 2. The summed E-state index contributed by atoms with van der Waals surface area (Å²) in [7, 11) is 0. The Morgan fingerprint density at radius 2 is 1.83 bits per heavy atom. The van der Waals surface area contributed by atoms with E-state index in [2.05, 4.69) is 9.89 Å². The molecule has 1 aliphatic carbocycles. The molecule has 1 saturated carbocycles. The first-order chi connectivity index (χ1) is 11.1. The average molecular weight is 347 g/mol. The van der Waals surface area contributed by atoms with Crippen LogP contribution in [0.5, 0.6) is 0 Å². The molecular formula is C18H16Cl2N2O. The molecule has 0 bridgehead atoms. The molecule has 1 aromatic rings. The van der Waals surface area contributed by atoms with E-state index in [9.17, 15) is 4.79 Å². The summed E-state index contributed by atoms with van der Waals surface area (Å²) in [6.45, 7) is 0. The van der Waals surface area contributed by atoms with Crippen molar-refractivity contribution in [1.29, 1.82) is 0 Å². The largest absolute Gasteiger partial charge is 0.317 e. The van der Waals surface area contributed by atoms with Gasteiger partial charge in [-0.3, -0.25) is 4.79 Å². The minimum atomic E-state index is -0.472. The lowest BCUT2D eigenvalue weighted by molar-refractivity contribution is -0.126. The second-order valence-corrected chi connectivity index (χ2v) is 7.10. The lowest BCUT2D eigenvalue weighted by Crippen LogP contribution is -2.50. The van der Waals surface area contributed by atoms with E-state index in [1.165, 1.54) is 6.42 Å². The molecule has 0 atom stereocenters. The number of amides is 1. The molecule has 0 N–H and O–H groups in total. The van der Waals surface area contributed by atoms with Crippen LogP contribution in [-0.4, -0.2) is 22.2 Å². The fourth-order valence-electron chi connectivity index (χ4n) is 3.68. The van der Waals surface area contributed by atoms with Crippen molar-refractivity contribution in [2.75, 3.05) is 0 Å². The van der Waals surface area contributed by atoms with E-state index in [0.29, 0.717) is 10.0 Å². The number of hydrogen-bond acceptors (Lipinski definition) is 2. The summed E-state index contributed by atoms with van der Waals surface area (Å²) < 4.78 is 0. The molecule has 1 spiro atoms. The Labute approximate surface area is 145 Å². The molecule has 4 rings (SSSR count). The highest BCUT2D eigenvalue weighted by Gasteiger charge is 2.49. The van der Waals surface area contributed by atoms with Crippen molar-refractivity contribution in [3.05, 3.63) is 52.2 Å². The molecule has 1 fully saturated rings. The first-order valence-corrected chi connectivity index (χ1v) is 8.64. The predicted octanol–water partition coefficient (Wildman–Crippen LogP) is 4.85. The monoisotopic (exact) mass is 346 g/mol. The summed E-state index contributed by atoms with van der Waals surface area (Å²) in [4.78, 5) is 18.9. The molecule has 118 valence electrons. The summed E-state index contributed by atoms with van der Waals surface area (Å²) in [5.74, 6) is 0.754. The van der Waals surface area contributed by atoms with Gasteiger partial charge in [0.1, 0.15) is 11.4 Å². The van der Waals surface area contributed by atoms with Crippen molar-refractivity contribution in [2.45, 2.75) is 37.6 Å². The molecular weight excluding hydrogens is 331 g/mol. The SMILES string of the molecule is O=C1N=C2C=CC(c3ccc(Cl)c(Cl)c3)=CN2C12CCCCC2. The van der Waals surface area contributed by atoms with E-state index in [4.69, 9.17) is 23.2 Å². The number of benzene rings is 1. The van der Waals surface area contributed by atoms with Gasteiger partial charge in [-0.15, -0.1) is 0 Å². The van der Waals surface area contributed by atoms with Gasteiger partial charge < -0.3 is 4.90 Å². The van der Waals surface area contributed by atoms with Crippen LogP contribution >= 0.6 is 23.2 Å². The molecule has 2 aliphatic heterocycles. The minimum Gasteiger partial charge on any atom is -0.317 e. The molecule has 0 radical (unpaired) electrons. The Kier molecular flexibility index (Phi) is 3.58. The van der Waals surface area contributed by atoms with Gasteiger partial charge in [-0.2, -0.15) is 4.99 Å². The fourth-order valence-corrected chi connectivity index (χ4v) is 3.97. The maximum atomic E-state index is 12.5. The van der Waals surface area contributed by atoms with Crippen LogP contribution in [0.4, 0.5) is 0 Å². The van der Waals surface area contributed by atoms with Gasteiger partial charge in [0.05, 0.1) is 10.0 Å². The van der Waals surface area contributed by atoms with Gasteiger partial charge in [-0.25, -0.2) is 0 Å². The third-order valence-corrected chi connectivity index (χ3v) is 5.67. The summed E-state index contributed by atoms with van der Waals surface area (Å²) in [6.07, 6.45) is 11.0. The van der Waals surface area contributed by atoms with Crippen molar-refractivity contribution in [3.63, 3.8) is 0 Å². The number of carbonyl (C=O) groups excluding carboxylic acids is 1. The number of hydrogen-bond donors (Lipinski definition) is 0. The number of carbonyl (C=O) groups is 1. The summed E-state index contributed by atoms with van der Waals surface area (Å²) in [5.41, 5.74) is 1.53. The molecule has 2 heterocycles. The molecule has 1 aromatic carbocycles. The van der Waals surface area contributed by atoms with Crippen LogP contribution in [0.1, 0.15) is 37.7 Å². The maximum absolute atomic E-state index is 12.5. The Balaban J connectivity index is 1.74. The van der Waals surface area contributed by atoms with Crippen molar-refractivity contribution < 1.29 is 4.79 Å². The van der Waals surface area contributed by atoms with Gasteiger partial charge in [0.15, 0.2) is 0 Å². The van der Waals surface area contributed by atoms with Gasteiger partial charge >= 0.3 is 0 Å². The third-order valence-electron chi connectivity index (χ3n) is 4.94. The highest BCUT2D eigenvalue weighted by molar-refractivity contribution is 6.42. The number of nitrogens with zero attached hydrogens (tertiary/aromatic N) is 2. The topological polar surface area (TPSA) is 32.7 Å². The zero-order chi connectivity index (χ0) is 16.0. The summed E-state index contributed by atoms with van der Waals surface area (Å²) in [6, 6.07) is 5.59. The van der Waals surface area contributed by atoms with E-state index in [1.54, 1.807) is 6.07 Å². The Morgan fingerprint density at radius 1 is 1.04 bits per heavy atom. The maximum Gasteiger partial charge on any atom is 0.273 e. The Morgan fingerprint density at radius 3 is 2.57 bits per heavy atom. The number of aliphatic imine (C=N–C) groups is 1. The Bertz CT molecular complexity index is 773. The van der Waals surface area contributed by atoms with Crippen LogP contribution in [0.3, 0.4) is 0 Å². The molecule has 3 aliphatic rings. The number of fused-ring (bicyclic) bond motifs is 2. The second kappa shape index (κ2) is 5.50. The van der Waals surface area contributed by atoms with E-state index in [1.807, 2.05) is 30.5 Å². The van der Waals surface area contributed by atoms with Crippen LogP contribution in [0.25, 0.3) is 5.57 Å². The van der Waals surface area contributed by atoms with Crippen molar-refractivity contribution in [1.82, 2.24) is 4.90 Å². The number of rotatable bonds is 1. The second-order valence-electron chi connectivity index (χ2n) is 6.28. The molecule has 0 unspecified atom stereocenters. The Hall–Kier alpha value is -1.58. The number of halogens is 2. The van der Waals surface area contributed by atoms with Gasteiger partial charge in [-0.1, -0.05) is 48.5 Å². The van der Waals surface area contributed by atoms with Gasteiger partial charge in [0, 0.05) is 6.20 Å². The zero-order valence-electron chi connectivity index (χ0n) is 12.6. The molecule has 0 saturated heterocycles. The molecule has 5 heteroatoms. The smallest absolute Gasteiger partial charge is 0.273 e. The highest BCUT2D eigenvalue weighted by atomic mass is 35.5. The normalized spacial score (nSPS) is 22.2. The highest BCUT2D eigenvalue weighted by Crippen LogP contribution is 2.41. The van der Waals surface area contributed by atoms with E-state index >= 15 is 0 Å². The van der Waals surface area contributed by atoms with Crippen LogP contribution in [0.15, 0.2) is 41.5 Å². The molecule has 1 amide bonds. The van der Waals surface area contributed by atoms with Crippen LogP contribution in [0.2, 0.25) is 10.0 Å². The average Bonchev–Trinajstić information content (AvgIpc) is 2.83. The van der Waals surface area contributed by atoms with Gasteiger partial charge in [-0.05, 0) is 48.3 Å². The standard InChI is InChI=1S/C18H16Cl2N2O/c19-14-6-4-12(10-15(14)20)13-5-7-16-21-17(23)18(22(16)11-13)8-2-1-3-9-18/h4-7,10-11H,1-3,8-9H2. The van der Waals surface area contributed by atoms with Crippen molar-refractivity contribution in [2.24, 2.45) is 4.99 Å². The lowest BCUT2D eigenvalue weighted by Gasteiger charge is -2.40. The van der Waals surface area contributed by atoms with Gasteiger partial charge in [0.2, 0.25) is 0 Å². The fraction of sp³-hybridized carbons (Fsp3) is 0.333. The van der Waals surface area contributed by atoms with Crippen molar-refractivity contribution >= 4 is 40.5 Å². The summed E-state index contributed by atoms with van der Waals surface area (Å²) >= 11 is 12.1. The predicted molar refractivity (Wildman–Crippen MR) is 93.7 cm³/mol. The first-order valence-electron chi connectivity index (χ1n) is 7.88. The summed E-state index contributed by atoms with van der Waals surface area (Å²) in [5, 5.41) is 1.07. The van der Waals surface area contributed by atoms with Crippen LogP contribution in [0, 0.1) is 0 Å². The third kappa shape index (κ3) is 2.34. The number of amidine groups is 1. The van der Waals surface area contributed by atoms with E-state index in [-0.39, 0.29) is 5.91 Å². The zero-order valence-corrected chi connectivity index (χ0v) is 14.1. The quantitative estimate of drug-likeness (QED) is 0.728. The van der Waals surface area contributed by atoms with E-state index in [0.717, 1.165) is 42.7 Å². The molecule has 3 nitrogen and oxygen atoms in total.